The quantitative estimate of drug-likeness (QED) is 0.243. The number of hydrogen-bond donors (Lipinski definition) is 3. The fourth-order valence-corrected chi connectivity index (χ4v) is 4.69. The summed E-state index contributed by atoms with van der Waals surface area (Å²) < 4.78 is 1.72. The molecule has 3 rings (SSSR count). The topological polar surface area (TPSA) is 132 Å². The molecule has 2 aromatic rings. The molecule has 0 radical (unpaired) electrons. The van der Waals surface area contributed by atoms with E-state index in [0.29, 0.717) is 53.0 Å². The molecule has 1 saturated heterocycles. The maximum atomic E-state index is 13.0. The summed E-state index contributed by atoms with van der Waals surface area (Å²) in [5.74, 6) is 0.492. The molecule has 1 aliphatic rings. The molecule has 9 nitrogen and oxygen atoms in total. The van der Waals surface area contributed by atoms with Crippen LogP contribution >= 0.6 is 11.6 Å². The molecule has 35 heavy (non-hydrogen) atoms. The third kappa shape index (κ3) is 5.67. The number of benzene rings is 1. The first-order valence-corrected chi connectivity index (χ1v) is 11.9. The number of nitrogen functional groups attached to an aromatic ring is 1. The van der Waals surface area contributed by atoms with Crippen molar-refractivity contribution in [1.29, 1.82) is 0 Å². The molecule has 188 valence electrons. The minimum Gasteiger partial charge on any atom is -0.398 e. The first kappa shape index (κ1) is 26.3. The minimum atomic E-state index is -0.240. The van der Waals surface area contributed by atoms with Gasteiger partial charge in [0.25, 0.3) is 5.91 Å². The molecular weight excluding hydrogens is 466 g/mol. The Morgan fingerprint density at radius 3 is 2.69 bits per heavy atom. The number of anilines is 1. The normalized spacial score (nSPS) is 16.5. The second-order valence-corrected chi connectivity index (χ2v) is 10.2. The van der Waals surface area contributed by atoms with Crippen molar-refractivity contribution in [3.63, 3.8) is 0 Å². The molecule has 1 fully saturated rings. The van der Waals surface area contributed by atoms with E-state index in [1.807, 2.05) is 6.07 Å². The number of amides is 2. The molecule has 2 heterocycles. The van der Waals surface area contributed by atoms with E-state index in [9.17, 15) is 9.59 Å². The highest BCUT2D eigenvalue weighted by Gasteiger charge is 2.28. The second-order valence-electron chi connectivity index (χ2n) is 9.84. The van der Waals surface area contributed by atoms with E-state index in [1.54, 1.807) is 29.5 Å². The van der Waals surface area contributed by atoms with Crippen LogP contribution in [0.3, 0.4) is 0 Å². The average molecular weight is 500 g/mol. The fourth-order valence-electron chi connectivity index (χ4n) is 4.24. The SMILES string of the molecule is C=CC(=O)N1CCC(NC(=O)c2c(C)nc(CN=C(N)c3cc(C(C)(C)C)c(Cl)cc3N)n2C)C1. The summed E-state index contributed by atoms with van der Waals surface area (Å²) in [6.45, 7) is 12.7. The molecule has 5 N–H and O–H groups in total. The Bertz CT molecular complexity index is 1190. The summed E-state index contributed by atoms with van der Waals surface area (Å²) in [4.78, 5) is 35.5. The Labute approximate surface area is 211 Å². The number of halogens is 1. The lowest BCUT2D eigenvalue weighted by atomic mass is 9.85. The molecule has 2 amide bonds. The zero-order valence-corrected chi connectivity index (χ0v) is 21.7. The Balaban J connectivity index is 1.77. The highest BCUT2D eigenvalue weighted by molar-refractivity contribution is 6.32. The number of likely N-dealkylation sites (tertiary alicyclic amines) is 1. The Kier molecular flexibility index (Phi) is 7.59. The lowest BCUT2D eigenvalue weighted by molar-refractivity contribution is -0.125. The van der Waals surface area contributed by atoms with Crippen LogP contribution in [0.15, 0.2) is 29.8 Å². The predicted molar refractivity (Wildman–Crippen MR) is 140 cm³/mol. The molecule has 1 aliphatic heterocycles. The fraction of sp³-hybridized carbons (Fsp3) is 0.440. The molecule has 1 unspecified atom stereocenters. The zero-order chi connectivity index (χ0) is 26.1. The molecule has 0 saturated carbocycles. The Morgan fingerprint density at radius 2 is 2.06 bits per heavy atom. The van der Waals surface area contributed by atoms with Crippen molar-refractivity contribution in [2.75, 3.05) is 18.8 Å². The minimum absolute atomic E-state index is 0.122. The smallest absolute Gasteiger partial charge is 0.270 e. The van der Waals surface area contributed by atoms with Gasteiger partial charge < -0.3 is 26.3 Å². The number of amidine groups is 1. The Hall–Kier alpha value is -3.33. The van der Waals surface area contributed by atoms with Crippen LogP contribution in [-0.2, 0) is 23.8 Å². The summed E-state index contributed by atoms with van der Waals surface area (Å²) in [6, 6.07) is 3.45. The molecule has 0 spiro atoms. The lowest BCUT2D eigenvalue weighted by Crippen LogP contribution is -2.39. The van der Waals surface area contributed by atoms with Gasteiger partial charge in [0, 0.05) is 42.5 Å². The largest absolute Gasteiger partial charge is 0.398 e. The third-order valence-corrected chi connectivity index (χ3v) is 6.51. The molecule has 1 aromatic carbocycles. The highest BCUT2D eigenvalue weighted by atomic mass is 35.5. The van der Waals surface area contributed by atoms with Crippen molar-refractivity contribution < 1.29 is 9.59 Å². The van der Waals surface area contributed by atoms with E-state index >= 15 is 0 Å². The first-order valence-electron chi connectivity index (χ1n) is 11.5. The van der Waals surface area contributed by atoms with Crippen molar-refractivity contribution in [2.45, 2.75) is 52.1 Å². The van der Waals surface area contributed by atoms with Crippen molar-refractivity contribution in [1.82, 2.24) is 19.8 Å². The summed E-state index contributed by atoms with van der Waals surface area (Å²) >= 11 is 6.39. The van der Waals surface area contributed by atoms with Gasteiger partial charge in [-0.15, -0.1) is 0 Å². The average Bonchev–Trinajstić information content (AvgIpc) is 3.34. The van der Waals surface area contributed by atoms with E-state index in [2.05, 4.69) is 42.6 Å². The van der Waals surface area contributed by atoms with Crippen LogP contribution < -0.4 is 16.8 Å². The number of aromatic nitrogens is 2. The summed E-state index contributed by atoms with van der Waals surface area (Å²) in [6.07, 6.45) is 1.98. The number of nitrogens with one attached hydrogen (secondary N) is 1. The van der Waals surface area contributed by atoms with Crippen LogP contribution in [0, 0.1) is 6.92 Å². The van der Waals surface area contributed by atoms with Crippen LogP contribution in [0.25, 0.3) is 0 Å². The van der Waals surface area contributed by atoms with Gasteiger partial charge in [0.1, 0.15) is 17.4 Å². The molecular formula is C25H34ClN7O2. The number of aryl methyl sites for hydroxylation is 1. The van der Waals surface area contributed by atoms with Gasteiger partial charge >= 0.3 is 0 Å². The van der Waals surface area contributed by atoms with Crippen molar-refractivity contribution in [3.05, 3.63) is 58.1 Å². The maximum Gasteiger partial charge on any atom is 0.270 e. The van der Waals surface area contributed by atoms with Crippen molar-refractivity contribution >= 4 is 34.9 Å². The zero-order valence-electron chi connectivity index (χ0n) is 21.0. The summed E-state index contributed by atoms with van der Waals surface area (Å²) in [5, 5.41) is 3.59. The van der Waals surface area contributed by atoms with Crippen LogP contribution in [0.2, 0.25) is 5.02 Å². The van der Waals surface area contributed by atoms with Gasteiger partial charge in [-0.05, 0) is 42.5 Å². The number of nitrogens with zero attached hydrogens (tertiary/aromatic N) is 4. The molecule has 1 aromatic heterocycles. The summed E-state index contributed by atoms with van der Waals surface area (Å²) in [7, 11) is 1.77. The van der Waals surface area contributed by atoms with Crippen LogP contribution in [-0.4, -0.2) is 51.2 Å². The maximum absolute atomic E-state index is 13.0. The Morgan fingerprint density at radius 1 is 1.37 bits per heavy atom. The van der Waals surface area contributed by atoms with Crippen molar-refractivity contribution in [2.24, 2.45) is 17.8 Å². The first-order chi connectivity index (χ1) is 16.3. The number of hydrogen-bond acceptors (Lipinski definition) is 5. The summed E-state index contributed by atoms with van der Waals surface area (Å²) in [5.41, 5.74) is 15.3. The van der Waals surface area contributed by atoms with Gasteiger partial charge in [-0.2, -0.15) is 0 Å². The molecule has 0 bridgehead atoms. The van der Waals surface area contributed by atoms with Crippen LogP contribution in [0.5, 0.6) is 0 Å². The van der Waals surface area contributed by atoms with E-state index in [-0.39, 0.29) is 35.7 Å². The number of rotatable bonds is 6. The number of nitrogens with two attached hydrogens (primary N) is 2. The van der Waals surface area contributed by atoms with Crippen LogP contribution in [0.1, 0.15) is 60.3 Å². The van der Waals surface area contributed by atoms with E-state index in [1.165, 1.54) is 6.08 Å². The van der Waals surface area contributed by atoms with Gasteiger partial charge in [0.2, 0.25) is 5.91 Å². The monoisotopic (exact) mass is 499 g/mol. The van der Waals surface area contributed by atoms with E-state index < -0.39 is 0 Å². The third-order valence-electron chi connectivity index (χ3n) is 6.20. The predicted octanol–water partition coefficient (Wildman–Crippen LogP) is 2.68. The van der Waals surface area contributed by atoms with Gasteiger partial charge in [-0.3, -0.25) is 14.6 Å². The molecule has 0 aliphatic carbocycles. The van der Waals surface area contributed by atoms with Crippen LogP contribution in [0.4, 0.5) is 5.69 Å². The number of aliphatic imine (C=N–C) groups is 1. The van der Waals surface area contributed by atoms with Gasteiger partial charge in [-0.1, -0.05) is 39.0 Å². The number of imidazole rings is 1. The van der Waals surface area contributed by atoms with E-state index in [4.69, 9.17) is 23.1 Å². The second kappa shape index (κ2) is 10.1. The molecule has 1 atom stereocenters. The number of carbonyl (C=O) groups is 2. The standard InChI is InChI=1S/C25H34ClN7O2/c1-7-21(34)33-9-8-15(13-33)31-24(35)22-14(2)30-20(32(22)6)12-29-23(28)16-10-17(25(3,4)5)18(26)11-19(16)27/h7,10-11,15H,1,8-9,12-13,27H2,2-6H3,(H2,28,29)(H,31,35). The highest BCUT2D eigenvalue weighted by Crippen LogP contribution is 2.33. The van der Waals surface area contributed by atoms with E-state index in [0.717, 1.165) is 5.56 Å². The number of carbonyl (C=O) groups excluding carboxylic acids is 2. The van der Waals surface area contributed by atoms with Gasteiger partial charge in [0.05, 0.1) is 12.2 Å². The molecule has 10 heteroatoms. The van der Waals surface area contributed by atoms with Gasteiger partial charge in [-0.25, -0.2) is 4.98 Å². The van der Waals surface area contributed by atoms with Crippen molar-refractivity contribution in [3.8, 4) is 0 Å². The lowest BCUT2D eigenvalue weighted by Gasteiger charge is -2.22. The van der Waals surface area contributed by atoms with Gasteiger partial charge in [0.15, 0.2) is 0 Å².